The summed E-state index contributed by atoms with van der Waals surface area (Å²) in [6.45, 7) is 0. The molecule has 3 rings (SSSR count). The molecule has 0 amide bonds. The van der Waals surface area contributed by atoms with Crippen LogP contribution < -0.4 is 10.0 Å². The Morgan fingerprint density at radius 3 is 2.33 bits per heavy atom. The smallest absolute Gasteiger partial charge is 0.355 e. The Morgan fingerprint density at radius 1 is 1.07 bits per heavy atom. The topological polar surface area (TPSA) is 113 Å². The van der Waals surface area contributed by atoms with Gasteiger partial charge in [0.05, 0.1) is 10.5 Å². The summed E-state index contributed by atoms with van der Waals surface area (Å²) in [4.78, 5) is -0.0252. The van der Waals surface area contributed by atoms with Gasteiger partial charge >= 0.3 is 6.18 Å². The van der Waals surface area contributed by atoms with E-state index in [1.165, 1.54) is 37.4 Å². The molecule has 12 heteroatoms. The number of benzene rings is 2. The molecule has 0 spiro atoms. The fourth-order valence-electron chi connectivity index (χ4n) is 2.28. The highest BCUT2D eigenvalue weighted by atomic mass is 32.2. The van der Waals surface area contributed by atoms with Gasteiger partial charge in [0, 0.05) is 16.9 Å². The summed E-state index contributed by atoms with van der Waals surface area (Å²) in [6.07, 6.45) is -4.43. The molecule has 0 aliphatic heterocycles. The molecular weight excluding hydrogens is 385 g/mol. The zero-order chi connectivity index (χ0) is 19.7. The van der Waals surface area contributed by atoms with Gasteiger partial charge in [-0.2, -0.15) is 18.4 Å². The van der Waals surface area contributed by atoms with Crippen LogP contribution in [0, 0.1) is 0 Å². The highest BCUT2D eigenvalue weighted by Gasteiger charge is 2.30. The van der Waals surface area contributed by atoms with E-state index in [2.05, 4.69) is 30.7 Å². The van der Waals surface area contributed by atoms with Gasteiger partial charge in [0.25, 0.3) is 0 Å². The minimum Gasteiger partial charge on any atom is -0.355 e. The zero-order valence-electron chi connectivity index (χ0n) is 13.7. The van der Waals surface area contributed by atoms with E-state index in [-0.39, 0.29) is 10.7 Å². The van der Waals surface area contributed by atoms with E-state index in [4.69, 9.17) is 0 Å². The molecule has 0 aliphatic carbocycles. The van der Waals surface area contributed by atoms with Gasteiger partial charge in [-0.15, -0.1) is 10.2 Å². The van der Waals surface area contributed by atoms with Gasteiger partial charge in [-0.3, -0.25) is 0 Å². The Labute approximate surface area is 151 Å². The van der Waals surface area contributed by atoms with Crippen molar-refractivity contribution < 1.29 is 21.6 Å². The lowest BCUT2D eigenvalue weighted by Crippen LogP contribution is -2.18. The summed E-state index contributed by atoms with van der Waals surface area (Å²) in [6, 6.07) is 8.56. The van der Waals surface area contributed by atoms with E-state index >= 15 is 0 Å². The molecule has 0 aliphatic rings. The lowest BCUT2D eigenvalue weighted by Gasteiger charge is -2.13. The molecule has 3 aromatic rings. The summed E-state index contributed by atoms with van der Waals surface area (Å²) in [5.74, 6) is 0.123. The number of alkyl halides is 3. The zero-order valence-corrected chi connectivity index (χ0v) is 14.6. The fraction of sp³-hybridized carbons (Fsp3) is 0.133. The van der Waals surface area contributed by atoms with Gasteiger partial charge in [0.1, 0.15) is 0 Å². The number of nitrogens with one attached hydrogen (secondary N) is 3. The van der Waals surface area contributed by atoms with Gasteiger partial charge in [0.15, 0.2) is 0 Å². The number of hydrogen-bond donors (Lipinski definition) is 3. The van der Waals surface area contributed by atoms with Gasteiger partial charge in [0.2, 0.25) is 15.8 Å². The SMILES string of the molecule is CNS(=O)(=O)c1ccc(Nc2ccc(C(F)(F)F)cc2)c(-c2nn[nH]n2)c1. The number of halogens is 3. The standard InChI is InChI=1S/C15H13F3N6O2S/c1-19-27(25,26)11-6-7-13(12(8-11)14-21-23-24-22-14)20-10-4-2-9(3-5-10)15(16,17)18/h2-8,19-20H,1H3,(H,21,22,23,24). The van der Waals surface area contributed by atoms with Crippen molar-refractivity contribution in [3.63, 3.8) is 0 Å². The summed E-state index contributed by atoms with van der Waals surface area (Å²) in [5.41, 5.74) is 0.296. The van der Waals surface area contributed by atoms with Crippen LogP contribution in [0.4, 0.5) is 24.5 Å². The molecule has 2 aromatic carbocycles. The van der Waals surface area contributed by atoms with Crippen molar-refractivity contribution in [2.45, 2.75) is 11.1 Å². The number of rotatable bonds is 5. The van der Waals surface area contributed by atoms with Gasteiger partial charge < -0.3 is 5.32 Å². The molecule has 3 N–H and O–H groups in total. The second kappa shape index (κ2) is 6.96. The molecule has 0 saturated heterocycles. The average Bonchev–Trinajstić information content (AvgIpc) is 3.16. The van der Waals surface area contributed by atoms with Crippen LogP contribution in [0.25, 0.3) is 11.4 Å². The van der Waals surface area contributed by atoms with Crippen LogP contribution in [0.1, 0.15) is 5.56 Å². The number of nitrogens with zero attached hydrogens (tertiary/aromatic N) is 3. The first kappa shape index (κ1) is 18.8. The molecular formula is C15H13F3N6O2S. The number of sulfonamides is 1. The van der Waals surface area contributed by atoms with Crippen molar-refractivity contribution in [2.75, 3.05) is 12.4 Å². The van der Waals surface area contributed by atoms with Crippen molar-refractivity contribution in [2.24, 2.45) is 0 Å². The molecule has 0 atom stereocenters. The minimum atomic E-state index is -4.43. The van der Waals surface area contributed by atoms with Gasteiger partial charge in [-0.25, -0.2) is 13.1 Å². The second-order valence-corrected chi connectivity index (χ2v) is 7.24. The van der Waals surface area contributed by atoms with Crippen molar-refractivity contribution in [1.29, 1.82) is 0 Å². The summed E-state index contributed by atoms with van der Waals surface area (Å²) in [7, 11) is -2.44. The number of hydrogen-bond acceptors (Lipinski definition) is 6. The molecule has 0 bridgehead atoms. The number of anilines is 2. The molecule has 27 heavy (non-hydrogen) atoms. The number of H-pyrrole nitrogens is 1. The Hall–Kier alpha value is -2.99. The molecule has 0 saturated carbocycles. The van der Waals surface area contributed by atoms with Crippen LogP contribution in [0.2, 0.25) is 0 Å². The molecule has 1 heterocycles. The highest BCUT2D eigenvalue weighted by molar-refractivity contribution is 7.89. The Morgan fingerprint density at radius 2 is 1.78 bits per heavy atom. The lowest BCUT2D eigenvalue weighted by molar-refractivity contribution is -0.137. The van der Waals surface area contributed by atoms with Crippen molar-refractivity contribution in [1.82, 2.24) is 25.3 Å². The number of tetrazole rings is 1. The van der Waals surface area contributed by atoms with E-state index in [0.29, 0.717) is 16.9 Å². The van der Waals surface area contributed by atoms with Crippen molar-refractivity contribution in [3.8, 4) is 11.4 Å². The van der Waals surface area contributed by atoms with Crippen molar-refractivity contribution in [3.05, 3.63) is 48.0 Å². The van der Waals surface area contributed by atoms with Gasteiger partial charge in [-0.05, 0) is 54.7 Å². The predicted octanol–water partition coefficient (Wildman–Crippen LogP) is 2.54. The maximum Gasteiger partial charge on any atom is 0.416 e. The van der Waals surface area contributed by atoms with Gasteiger partial charge in [-0.1, -0.05) is 0 Å². The van der Waals surface area contributed by atoms with Crippen LogP contribution >= 0.6 is 0 Å². The largest absolute Gasteiger partial charge is 0.416 e. The quantitative estimate of drug-likeness (QED) is 0.609. The van der Waals surface area contributed by atoms with Crippen LogP contribution in [-0.2, 0) is 16.2 Å². The average molecular weight is 398 g/mol. The maximum atomic E-state index is 12.7. The third kappa shape index (κ3) is 4.06. The van der Waals surface area contributed by atoms with Crippen LogP contribution in [-0.4, -0.2) is 36.1 Å². The summed E-state index contributed by atoms with van der Waals surface area (Å²) >= 11 is 0. The number of aromatic nitrogens is 4. The van der Waals surface area contributed by atoms with Crippen LogP contribution in [0.15, 0.2) is 47.4 Å². The van der Waals surface area contributed by atoms with E-state index in [9.17, 15) is 21.6 Å². The highest BCUT2D eigenvalue weighted by Crippen LogP contribution is 2.33. The van der Waals surface area contributed by atoms with Crippen molar-refractivity contribution >= 4 is 21.4 Å². The maximum absolute atomic E-state index is 12.7. The Bertz CT molecular complexity index is 1030. The molecule has 0 unspecified atom stereocenters. The first-order valence-electron chi connectivity index (χ1n) is 7.46. The molecule has 8 nitrogen and oxygen atoms in total. The normalized spacial score (nSPS) is 12.1. The monoisotopic (exact) mass is 398 g/mol. The van der Waals surface area contributed by atoms with E-state index < -0.39 is 21.8 Å². The summed E-state index contributed by atoms with van der Waals surface area (Å²) < 4.78 is 64.3. The first-order chi connectivity index (χ1) is 12.7. The summed E-state index contributed by atoms with van der Waals surface area (Å²) in [5, 5.41) is 16.3. The Balaban J connectivity index is 2.00. The van der Waals surface area contributed by atoms with E-state index in [0.717, 1.165) is 12.1 Å². The second-order valence-electron chi connectivity index (χ2n) is 5.35. The molecule has 0 fully saturated rings. The third-order valence-corrected chi connectivity index (χ3v) is 5.06. The third-order valence-electron chi connectivity index (χ3n) is 3.65. The molecule has 142 valence electrons. The van der Waals surface area contributed by atoms with E-state index in [1.54, 1.807) is 0 Å². The fourth-order valence-corrected chi connectivity index (χ4v) is 3.03. The minimum absolute atomic E-state index is 0.0252. The lowest BCUT2D eigenvalue weighted by atomic mass is 10.1. The Kier molecular flexibility index (Phi) is 4.85. The predicted molar refractivity (Wildman–Crippen MR) is 90.6 cm³/mol. The van der Waals surface area contributed by atoms with Crippen LogP contribution in [0.5, 0.6) is 0 Å². The molecule has 0 radical (unpaired) electrons. The van der Waals surface area contributed by atoms with Crippen LogP contribution in [0.3, 0.4) is 0 Å². The number of aromatic amines is 1. The molecule has 1 aromatic heterocycles. The van der Waals surface area contributed by atoms with E-state index in [1.807, 2.05) is 0 Å². The first-order valence-corrected chi connectivity index (χ1v) is 8.95.